The average molecular weight is 206 g/mol. The minimum absolute atomic E-state index is 0.303. The Morgan fingerprint density at radius 3 is 2.36 bits per heavy atom. The Morgan fingerprint density at radius 1 is 1.50 bits per heavy atom. The second-order valence-corrected chi connectivity index (χ2v) is 2.97. The molecule has 0 radical (unpaired) electrons. The third kappa shape index (κ3) is 3.06. The molecular weight excluding hydrogens is 192 g/mol. The summed E-state index contributed by atoms with van der Waals surface area (Å²) in [6, 6.07) is 0. The first-order chi connectivity index (χ1) is 6.34. The number of esters is 1. The van der Waals surface area contributed by atoms with Gasteiger partial charge in [-0.2, -0.15) is 0 Å². The molecule has 0 aliphatic heterocycles. The number of carbonyl (C=O) groups is 2. The lowest BCUT2D eigenvalue weighted by Crippen LogP contribution is -2.49. The quantitative estimate of drug-likeness (QED) is 0.363. The van der Waals surface area contributed by atoms with E-state index in [1.165, 1.54) is 0 Å². The van der Waals surface area contributed by atoms with Crippen LogP contribution in [-0.4, -0.2) is 52.0 Å². The first kappa shape index (κ1) is 13.0. The van der Waals surface area contributed by atoms with E-state index in [-0.39, 0.29) is 6.61 Å². The Morgan fingerprint density at radius 2 is 2.00 bits per heavy atom. The zero-order valence-corrected chi connectivity index (χ0v) is 8.06. The average Bonchev–Trinajstić information content (AvgIpc) is 2.12. The molecule has 0 rings (SSSR count). The fourth-order valence-electron chi connectivity index (χ4n) is 0.786. The third-order valence-corrected chi connectivity index (χ3v) is 1.58. The van der Waals surface area contributed by atoms with E-state index in [4.69, 9.17) is 10.2 Å². The minimum atomic E-state index is -2.37. The highest BCUT2D eigenvalue weighted by atomic mass is 16.6. The van der Waals surface area contributed by atoms with Gasteiger partial charge >= 0.3 is 5.97 Å². The summed E-state index contributed by atoms with van der Waals surface area (Å²) in [5.41, 5.74) is -2.37. The number of carbonyl (C=O) groups excluding carboxylic acids is 2. The monoisotopic (exact) mass is 206 g/mol. The van der Waals surface area contributed by atoms with Crippen molar-refractivity contribution in [3.8, 4) is 0 Å². The van der Waals surface area contributed by atoms with Gasteiger partial charge in [-0.1, -0.05) is 0 Å². The highest BCUT2D eigenvalue weighted by molar-refractivity contribution is 6.08. The second-order valence-electron chi connectivity index (χ2n) is 2.97. The molecule has 0 aliphatic carbocycles. The van der Waals surface area contributed by atoms with E-state index in [2.05, 4.69) is 4.74 Å². The molecule has 6 nitrogen and oxygen atoms in total. The lowest BCUT2D eigenvalue weighted by molar-refractivity contribution is -0.172. The first-order valence-corrected chi connectivity index (χ1v) is 4.07. The Kier molecular flexibility index (Phi) is 4.69. The maximum absolute atomic E-state index is 11.1. The standard InChI is InChI=1S/C8H14O6/c1-5(10)6(11)8(2,13)7(12)14-4-3-9/h5,9-10,13H,3-4H2,1-2H3. The van der Waals surface area contributed by atoms with Gasteiger partial charge in [-0.25, -0.2) is 4.79 Å². The molecule has 3 N–H and O–H groups in total. The summed E-state index contributed by atoms with van der Waals surface area (Å²) < 4.78 is 4.36. The summed E-state index contributed by atoms with van der Waals surface area (Å²) in [6.07, 6.45) is -1.45. The van der Waals surface area contributed by atoms with Crippen LogP contribution in [0.4, 0.5) is 0 Å². The van der Waals surface area contributed by atoms with Crippen molar-refractivity contribution in [2.24, 2.45) is 0 Å². The summed E-state index contributed by atoms with van der Waals surface area (Å²) in [6.45, 7) is 1.37. The summed E-state index contributed by atoms with van der Waals surface area (Å²) in [5.74, 6) is -2.22. The predicted octanol–water partition coefficient (Wildman–Crippen LogP) is -1.78. The zero-order chi connectivity index (χ0) is 11.4. The lowest BCUT2D eigenvalue weighted by atomic mass is 9.98. The fraction of sp³-hybridized carbons (Fsp3) is 0.750. The molecule has 0 bridgehead atoms. The van der Waals surface area contributed by atoms with Crippen LogP contribution < -0.4 is 0 Å². The van der Waals surface area contributed by atoms with Gasteiger partial charge < -0.3 is 20.1 Å². The van der Waals surface area contributed by atoms with E-state index in [1.807, 2.05) is 0 Å². The van der Waals surface area contributed by atoms with Crippen molar-refractivity contribution in [2.75, 3.05) is 13.2 Å². The number of ketones is 1. The van der Waals surface area contributed by atoms with Gasteiger partial charge in [0.15, 0.2) is 0 Å². The zero-order valence-electron chi connectivity index (χ0n) is 8.06. The van der Waals surface area contributed by atoms with Crippen LogP contribution in [0.1, 0.15) is 13.8 Å². The highest BCUT2D eigenvalue weighted by Crippen LogP contribution is 2.10. The number of hydrogen-bond donors (Lipinski definition) is 3. The Labute approximate surface area is 81.1 Å². The molecule has 0 saturated carbocycles. The molecule has 0 heterocycles. The molecule has 0 amide bonds. The van der Waals surface area contributed by atoms with Crippen molar-refractivity contribution in [2.45, 2.75) is 25.6 Å². The number of rotatable bonds is 5. The summed E-state index contributed by atoms with van der Waals surface area (Å²) >= 11 is 0. The van der Waals surface area contributed by atoms with Crippen LogP contribution in [0.25, 0.3) is 0 Å². The molecule has 14 heavy (non-hydrogen) atoms. The molecular formula is C8H14O6. The van der Waals surface area contributed by atoms with Gasteiger partial charge in [0.1, 0.15) is 12.7 Å². The van der Waals surface area contributed by atoms with E-state index in [0.717, 1.165) is 13.8 Å². The molecule has 0 aromatic rings. The van der Waals surface area contributed by atoms with E-state index in [0.29, 0.717) is 0 Å². The number of aliphatic hydroxyl groups excluding tert-OH is 2. The number of Topliss-reactive ketones (excluding diaryl/α,β-unsaturated/α-hetero) is 1. The second kappa shape index (κ2) is 5.04. The molecule has 0 aromatic carbocycles. The predicted molar refractivity (Wildman–Crippen MR) is 45.4 cm³/mol. The van der Waals surface area contributed by atoms with E-state index in [1.54, 1.807) is 0 Å². The van der Waals surface area contributed by atoms with Crippen LogP contribution in [0.15, 0.2) is 0 Å². The van der Waals surface area contributed by atoms with E-state index >= 15 is 0 Å². The third-order valence-electron chi connectivity index (χ3n) is 1.58. The Hall–Kier alpha value is -0.980. The Bertz CT molecular complexity index is 220. The molecule has 0 aromatic heterocycles. The normalized spacial score (nSPS) is 16.9. The van der Waals surface area contributed by atoms with Gasteiger partial charge in [0.25, 0.3) is 0 Å². The van der Waals surface area contributed by atoms with Crippen molar-refractivity contribution in [3.05, 3.63) is 0 Å². The van der Waals surface area contributed by atoms with Crippen molar-refractivity contribution >= 4 is 11.8 Å². The molecule has 2 atom stereocenters. The molecule has 0 fully saturated rings. The van der Waals surface area contributed by atoms with Gasteiger partial charge in [-0.3, -0.25) is 4.79 Å². The van der Waals surface area contributed by atoms with Crippen LogP contribution in [-0.2, 0) is 14.3 Å². The lowest BCUT2D eigenvalue weighted by Gasteiger charge is -2.20. The van der Waals surface area contributed by atoms with Gasteiger partial charge in [0.2, 0.25) is 11.4 Å². The van der Waals surface area contributed by atoms with Crippen LogP contribution in [0.3, 0.4) is 0 Å². The van der Waals surface area contributed by atoms with Crippen molar-refractivity contribution < 1.29 is 29.6 Å². The molecule has 0 saturated heterocycles. The van der Waals surface area contributed by atoms with E-state index in [9.17, 15) is 14.7 Å². The SMILES string of the molecule is CC(O)C(=O)C(C)(O)C(=O)OCCO. The van der Waals surface area contributed by atoms with Gasteiger partial charge in [-0.05, 0) is 13.8 Å². The fourth-order valence-corrected chi connectivity index (χ4v) is 0.786. The van der Waals surface area contributed by atoms with Crippen molar-refractivity contribution in [3.63, 3.8) is 0 Å². The number of hydrogen-bond acceptors (Lipinski definition) is 6. The van der Waals surface area contributed by atoms with Gasteiger partial charge in [-0.15, -0.1) is 0 Å². The van der Waals surface area contributed by atoms with Crippen LogP contribution in [0.5, 0.6) is 0 Å². The maximum Gasteiger partial charge on any atom is 0.345 e. The first-order valence-electron chi connectivity index (χ1n) is 4.07. The highest BCUT2D eigenvalue weighted by Gasteiger charge is 2.42. The minimum Gasteiger partial charge on any atom is -0.461 e. The summed E-state index contributed by atoms with van der Waals surface area (Å²) in [7, 11) is 0. The van der Waals surface area contributed by atoms with Crippen LogP contribution in [0, 0.1) is 0 Å². The number of ether oxygens (including phenoxy) is 1. The molecule has 2 unspecified atom stereocenters. The van der Waals surface area contributed by atoms with Gasteiger partial charge in [0, 0.05) is 0 Å². The Balaban J connectivity index is 4.44. The molecule has 0 aliphatic rings. The smallest absolute Gasteiger partial charge is 0.345 e. The van der Waals surface area contributed by atoms with Crippen LogP contribution >= 0.6 is 0 Å². The maximum atomic E-state index is 11.1. The molecule has 0 spiro atoms. The topological polar surface area (TPSA) is 104 Å². The molecule has 6 heteroatoms. The molecule has 82 valence electrons. The van der Waals surface area contributed by atoms with Crippen molar-refractivity contribution in [1.82, 2.24) is 0 Å². The number of aliphatic hydroxyl groups is 3. The van der Waals surface area contributed by atoms with Gasteiger partial charge in [0.05, 0.1) is 6.61 Å². The summed E-state index contributed by atoms with van der Waals surface area (Å²) in [4.78, 5) is 22.2. The summed E-state index contributed by atoms with van der Waals surface area (Å²) in [5, 5.41) is 26.6. The van der Waals surface area contributed by atoms with Crippen LogP contribution in [0.2, 0.25) is 0 Å². The van der Waals surface area contributed by atoms with E-state index < -0.39 is 30.1 Å². The largest absolute Gasteiger partial charge is 0.461 e. The van der Waals surface area contributed by atoms with Crippen molar-refractivity contribution in [1.29, 1.82) is 0 Å².